The Morgan fingerprint density at radius 2 is 1.30 bits per heavy atom. The van der Waals surface area contributed by atoms with Gasteiger partial charge in [0, 0.05) is 12.1 Å². The highest BCUT2D eigenvalue weighted by molar-refractivity contribution is 6.67. The summed E-state index contributed by atoms with van der Waals surface area (Å²) in [6.07, 6.45) is 0. The fourth-order valence-electron chi connectivity index (χ4n) is 1.85. The van der Waals surface area contributed by atoms with E-state index in [1.54, 1.807) is 0 Å². The molecule has 0 aliphatic rings. The van der Waals surface area contributed by atoms with Crippen molar-refractivity contribution < 1.29 is 26.3 Å². The summed E-state index contributed by atoms with van der Waals surface area (Å²) >= 11 is 0. The van der Waals surface area contributed by atoms with Crippen LogP contribution in [0.1, 0.15) is 5.56 Å². The molecule has 0 amide bonds. The van der Waals surface area contributed by atoms with Crippen molar-refractivity contribution in [3.05, 3.63) is 58.7 Å². The molecule has 104 valence electrons. The molecular weight excluding hydrogens is 281 g/mol. The van der Waals surface area contributed by atoms with Crippen LogP contribution in [0.25, 0.3) is 0 Å². The first-order chi connectivity index (χ1) is 9.31. The fourth-order valence-corrected chi connectivity index (χ4v) is 1.85. The summed E-state index contributed by atoms with van der Waals surface area (Å²) < 4.78 is 79.5. The Bertz CT molecular complexity index is 657. The average Bonchev–Trinajstić information content (AvgIpc) is 2.37. The number of benzene rings is 2. The zero-order valence-electron chi connectivity index (χ0n) is 10.2. The van der Waals surface area contributed by atoms with Crippen molar-refractivity contribution in [2.75, 3.05) is 0 Å². The molecule has 0 atom stereocenters. The van der Waals surface area contributed by atoms with E-state index >= 15 is 0 Å². The van der Waals surface area contributed by atoms with Crippen molar-refractivity contribution >= 4 is 18.2 Å². The smallest absolute Gasteiger partial charge is 0.200 e. The van der Waals surface area contributed by atoms with E-state index in [-0.39, 0.29) is 17.1 Å². The maximum atomic E-state index is 13.5. The standard InChI is InChI=1S/C13H7BF6/c1-5-7(2-6(15)3-8(5)16)14-11-12(19)9(17)4-10(18)13(11)20/h2-4,14H,1H3. The van der Waals surface area contributed by atoms with E-state index in [9.17, 15) is 26.3 Å². The molecule has 0 nitrogen and oxygen atoms in total. The molecule has 0 aliphatic carbocycles. The second-order valence-corrected chi connectivity index (χ2v) is 4.30. The van der Waals surface area contributed by atoms with E-state index in [1.165, 1.54) is 6.92 Å². The van der Waals surface area contributed by atoms with Gasteiger partial charge in [0.15, 0.2) is 23.3 Å². The fraction of sp³-hybridized carbons (Fsp3) is 0.0769. The maximum absolute atomic E-state index is 13.5. The van der Waals surface area contributed by atoms with Crippen LogP contribution in [0.5, 0.6) is 0 Å². The molecule has 0 bridgehead atoms. The number of halogens is 6. The first-order valence-electron chi connectivity index (χ1n) is 5.57. The molecule has 0 saturated heterocycles. The van der Waals surface area contributed by atoms with Gasteiger partial charge < -0.3 is 0 Å². The monoisotopic (exact) mass is 288 g/mol. The van der Waals surface area contributed by atoms with Gasteiger partial charge in [0.2, 0.25) is 7.28 Å². The quantitative estimate of drug-likeness (QED) is 0.451. The average molecular weight is 288 g/mol. The first-order valence-corrected chi connectivity index (χ1v) is 5.57. The lowest BCUT2D eigenvalue weighted by atomic mass is 9.62. The van der Waals surface area contributed by atoms with E-state index in [2.05, 4.69) is 0 Å². The summed E-state index contributed by atoms with van der Waals surface area (Å²) in [4.78, 5) is 0. The van der Waals surface area contributed by atoms with Crippen LogP contribution in [-0.2, 0) is 0 Å². The van der Waals surface area contributed by atoms with Crippen molar-refractivity contribution in [1.29, 1.82) is 0 Å². The van der Waals surface area contributed by atoms with Crippen molar-refractivity contribution in [1.82, 2.24) is 0 Å². The van der Waals surface area contributed by atoms with E-state index < -0.39 is 47.6 Å². The molecule has 0 unspecified atom stereocenters. The van der Waals surface area contributed by atoms with E-state index in [0.29, 0.717) is 6.07 Å². The predicted molar refractivity (Wildman–Crippen MR) is 63.8 cm³/mol. The zero-order chi connectivity index (χ0) is 15.0. The third kappa shape index (κ3) is 2.52. The van der Waals surface area contributed by atoms with Gasteiger partial charge in [-0.25, -0.2) is 26.3 Å². The summed E-state index contributed by atoms with van der Waals surface area (Å²) in [6, 6.07) is 1.55. The van der Waals surface area contributed by atoms with Crippen LogP contribution in [0.15, 0.2) is 18.2 Å². The van der Waals surface area contributed by atoms with Gasteiger partial charge in [-0.3, -0.25) is 0 Å². The van der Waals surface area contributed by atoms with Crippen molar-refractivity contribution in [3.8, 4) is 0 Å². The van der Waals surface area contributed by atoms with Crippen molar-refractivity contribution in [2.24, 2.45) is 0 Å². The van der Waals surface area contributed by atoms with Crippen LogP contribution in [0.2, 0.25) is 0 Å². The Morgan fingerprint density at radius 3 is 1.85 bits per heavy atom. The van der Waals surface area contributed by atoms with Crippen LogP contribution in [0.4, 0.5) is 26.3 Å². The lowest BCUT2D eigenvalue weighted by Crippen LogP contribution is -2.36. The molecule has 2 rings (SSSR count). The Labute approximate surface area is 111 Å². The molecular formula is C13H7BF6. The maximum Gasteiger partial charge on any atom is 0.200 e. The SMILES string of the molecule is Cc1c(F)cc(F)cc1Bc1c(F)c(F)cc(F)c1F. The largest absolute Gasteiger partial charge is 0.207 e. The molecule has 0 spiro atoms. The second-order valence-electron chi connectivity index (χ2n) is 4.30. The van der Waals surface area contributed by atoms with Gasteiger partial charge in [0.1, 0.15) is 11.6 Å². The van der Waals surface area contributed by atoms with Crippen LogP contribution in [0.3, 0.4) is 0 Å². The summed E-state index contributed by atoms with van der Waals surface area (Å²) in [7, 11) is -0.660. The summed E-state index contributed by atoms with van der Waals surface area (Å²) in [5.74, 6) is -8.12. The van der Waals surface area contributed by atoms with Crippen molar-refractivity contribution in [2.45, 2.75) is 6.92 Å². The molecule has 0 saturated carbocycles. The molecule has 2 aromatic carbocycles. The number of hydrogen-bond donors (Lipinski definition) is 0. The topological polar surface area (TPSA) is 0 Å². The molecule has 0 fully saturated rings. The lowest BCUT2D eigenvalue weighted by molar-refractivity contribution is 0.463. The van der Waals surface area contributed by atoms with Crippen LogP contribution >= 0.6 is 0 Å². The minimum absolute atomic E-state index is 0.0464. The third-order valence-corrected chi connectivity index (χ3v) is 2.99. The van der Waals surface area contributed by atoms with Gasteiger partial charge in [0.05, 0.1) is 0 Å². The molecule has 0 heterocycles. The highest BCUT2D eigenvalue weighted by atomic mass is 19.2. The molecule has 0 radical (unpaired) electrons. The Kier molecular flexibility index (Phi) is 3.79. The highest BCUT2D eigenvalue weighted by Crippen LogP contribution is 2.11. The van der Waals surface area contributed by atoms with Gasteiger partial charge in [-0.05, 0) is 24.0 Å². The lowest BCUT2D eigenvalue weighted by Gasteiger charge is -2.09. The second kappa shape index (κ2) is 5.23. The van der Waals surface area contributed by atoms with E-state index in [0.717, 1.165) is 6.07 Å². The van der Waals surface area contributed by atoms with Gasteiger partial charge in [-0.1, -0.05) is 5.46 Å². The highest BCUT2D eigenvalue weighted by Gasteiger charge is 2.21. The summed E-state index contributed by atoms with van der Waals surface area (Å²) in [5.41, 5.74) is -1.05. The molecule has 0 aromatic heterocycles. The van der Waals surface area contributed by atoms with Gasteiger partial charge >= 0.3 is 0 Å². The molecule has 20 heavy (non-hydrogen) atoms. The van der Waals surface area contributed by atoms with E-state index in [4.69, 9.17) is 0 Å². The van der Waals surface area contributed by atoms with Gasteiger partial charge in [-0.15, -0.1) is 0 Å². The summed E-state index contributed by atoms with van der Waals surface area (Å²) in [5, 5.41) is 0. The predicted octanol–water partition coefficient (Wildman–Crippen LogP) is 2.22. The van der Waals surface area contributed by atoms with E-state index in [1.807, 2.05) is 0 Å². The summed E-state index contributed by atoms with van der Waals surface area (Å²) in [6.45, 7) is 1.27. The van der Waals surface area contributed by atoms with Crippen LogP contribution in [0, 0.1) is 41.8 Å². The molecule has 7 heteroatoms. The Morgan fingerprint density at radius 1 is 0.750 bits per heavy atom. The van der Waals surface area contributed by atoms with Crippen LogP contribution in [-0.4, -0.2) is 7.28 Å². The third-order valence-electron chi connectivity index (χ3n) is 2.99. The van der Waals surface area contributed by atoms with Crippen molar-refractivity contribution in [3.63, 3.8) is 0 Å². The van der Waals surface area contributed by atoms with Crippen LogP contribution < -0.4 is 10.9 Å². The minimum atomic E-state index is -1.58. The number of hydrogen-bond acceptors (Lipinski definition) is 0. The Hall–Kier alpha value is -1.92. The molecule has 2 aromatic rings. The normalized spacial score (nSPS) is 10.8. The minimum Gasteiger partial charge on any atom is -0.207 e. The zero-order valence-corrected chi connectivity index (χ0v) is 10.2. The van der Waals surface area contributed by atoms with Gasteiger partial charge in [-0.2, -0.15) is 0 Å². The first kappa shape index (κ1) is 14.5. The molecule has 0 aliphatic heterocycles. The van der Waals surface area contributed by atoms with Gasteiger partial charge in [0.25, 0.3) is 0 Å². The number of rotatable bonds is 2. The molecule has 0 N–H and O–H groups in total. The Balaban J connectivity index is 2.56.